The molecule has 0 saturated carbocycles. The SMILES string of the molecule is CCC[C@H]1CC[C@@H]([C@H](O)c2cccc(F)c2)N1OC(=O)c1ccccc1. The number of carbonyl (C=O) groups is 1. The zero-order valence-electron chi connectivity index (χ0n) is 14.8. The first-order chi connectivity index (χ1) is 12.6. The Bertz CT molecular complexity index is 737. The standard InChI is InChI=1S/C21H24FNO3/c1-2-7-18-12-13-19(20(24)16-10-6-11-17(22)14-16)23(18)26-21(25)15-8-4-3-5-9-15/h3-6,8-11,14,18-20,24H,2,7,12-13H2,1H3/t18-,19-,20+/m0/s1. The van der Waals surface area contributed by atoms with Crippen molar-refractivity contribution in [2.75, 3.05) is 0 Å². The second-order valence-corrected chi connectivity index (χ2v) is 6.69. The number of aliphatic hydroxyl groups is 1. The Morgan fingerprint density at radius 3 is 2.69 bits per heavy atom. The third kappa shape index (κ3) is 4.11. The van der Waals surface area contributed by atoms with Crippen LogP contribution in [0.4, 0.5) is 4.39 Å². The van der Waals surface area contributed by atoms with Gasteiger partial charge in [0.15, 0.2) is 0 Å². The molecule has 0 spiro atoms. The molecule has 2 aromatic carbocycles. The van der Waals surface area contributed by atoms with E-state index in [9.17, 15) is 14.3 Å². The summed E-state index contributed by atoms with van der Waals surface area (Å²) >= 11 is 0. The molecule has 1 saturated heterocycles. The Labute approximate surface area is 153 Å². The van der Waals surface area contributed by atoms with Crippen LogP contribution >= 0.6 is 0 Å². The van der Waals surface area contributed by atoms with Gasteiger partial charge in [0.05, 0.1) is 17.7 Å². The fourth-order valence-electron chi connectivity index (χ4n) is 3.57. The molecule has 1 heterocycles. The average Bonchev–Trinajstić information content (AvgIpc) is 3.04. The van der Waals surface area contributed by atoms with Gasteiger partial charge in [0.1, 0.15) is 5.82 Å². The Balaban J connectivity index is 1.80. The average molecular weight is 357 g/mol. The van der Waals surface area contributed by atoms with E-state index < -0.39 is 17.9 Å². The van der Waals surface area contributed by atoms with Crippen LogP contribution < -0.4 is 0 Å². The van der Waals surface area contributed by atoms with E-state index in [-0.39, 0.29) is 12.1 Å². The first kappa shape index (κ1) is 18.5. The smallest absolute Gasteiger partial charge is 0.357 e. The fourth-order valence-corrected chi connectivity index (χ4v) is 3.57. The van der Waals surface area contributed by atoms with Crippen LogP contribution in [0.3, 0.4) is 0 Å². The molecular weight excluding hydrogens is 333 g/mol. The lowest BCUT2D eigenvalue weighted by molar-refractivity contribution is -0.166. The molecule has 5 heteroatoms. The summed E-state index contributed by atoms with van der Waals surface area (Å²) in [4.78, 5) is 18.2. The van der Waals surface area contributed by atoms with Crippen molar-refractivity contribution in [1.29, 1.82) is 0 Å². The van der Waals surface area contributed by atoms with Gasteiger partial charge in [-0.3, -0.25) is 0 Å². The lowest BCUT2D eigenvalue weighted by Gasteiger charge is -2.31. The van der Waals surface area contributed by atoms with Gasteiger partial charge in [-0.1, -0.05) is 43.7 Å². The number of hydrogen-bond donors (Lipinski definition) is 1. The van der Waals surface area contributed by atoms with Crippen LogP contribution in [0.25, 0.3) is 0 Å². The van der Waals surface area contributed by atoms with E-state index in [2.05, 4.69) is 6.92 Å². The molecule has 0 aliphatic carbocycles. The van der Waals surface area contributed by atoms with Crippen LogP contribution in [0, 0.1) is 5.82 Å². The summed E-state index contributed by atoms with van der Waals surface area (Å²) in [6, 6.07) is 14.4. The van der Waals surface area contributed by atoms with Gasteiger partial charge in [-0.15, -0.1) is 5.06 Å². The number of aliphatic hydroxyl groups excluding tert-OH is 1. The van der Waals surface area contributed by atoms with Crippen molar-refractivity contribution in [1.82, 2.24) is 5.06 Å². The number of hydroxylamine groups is 2. The maximum atomic E-state index is 13.5. The molecule has 1 fully saturated rings. The highest BCUT2D eigenvalue weighted by atomic mass is 19.1. The van der Waals surface area contributed by atoms with E-state index >= 15 is 0 Å². The number of nitrogens with zero attached hydrogens (tertiary/aromatic N) is 1. The van der Waals surface area contributed by atoms with Gasteiger partial charge >= 0.3 is 5.97 Å². The molecule has 1 N–H and O–H groups in total. The molecular formula is C21H24FNO3. The van der Waals surface area contributed by atoms with Gasteiger partial charge in [0, 0.05) is 6.04 Å². The number of hydrogen-bond acceptors (Lipinski definition) is 4. The Kier molecular flexibility index (Phi) is 6.01. The number of benzene rings is 2. The van der Waals surface area contributed by atoms with Crippen LogP contribution in [-0.4, -0.2) is 28.2 Å². The molecule has 138 valence electrons. The van der Waals surface area contributed by atoms with Gasteiger partial charge in [-0.05, 0) is 49.1 Å². The van der Waals surface area contributed by atoms with Gasteiger partial charge < -0.3 is 9.94 Å². The molecule has 0 aromatic heterocycles. The minimum absolute atomic E-state index is 0.0564. The summed E-state index contributed by atoms with van der Waals surface area (Å²) in [6.07, 6.45) is 2.41. The van der Waals surface area contributed by atoms with Crippen molar-refractivity contribution in [3.63, 3.8) is 0 Å². The van der Waals surface area contributed by atoms with E-state index in [1.54, 1.807) is 41.5 Å². The monoisotopic (exact) mass is 357 g/mol. The lowest BCUT2D eigenvalue weighted by atomic mass is 10.0. The maximum absolute atomic E-state index is 13.5. The minimum atomic E-state index is -0.920. The highest BCUT2D eigenvalue weighted by molar-refractivity contribution is 5.89. The van der Waals surface area contributed by atoms with E-state index in [0.717, 1.165) is 19.3 Å². The fraction of sp³-hybridized carbons (Fsp3) is 0.381. The van der Waals surface area contributed by atoms with Crippen molar-refractivity contribution in [3.8, 4) is 0 Å². The first-order valence-electron chi connectivity index (χ1n) is 9.09. The second kappa shape index (κ2) is 8.43. The molecule has 3 rings (SSSR count). The zero-order valence-corrected chi connectivity index (χ0v) is 14.8. The van der Waals surface area contributed by atoms with Crippen molar-refractivity contribution in [3.05, 3.63) is 71.5 Å². The van der Waals surface area contributed by atoms with Gasteiger partial charge in [-0.25, -0.2) is 9.18 Å². The van der Waals surface area contributed by atoms with E-state index in [1.807, 2.05) is 6.07 Å². The van der Waals surface area contributed by atoms with E-state index in [1.165, 1.54) is 12.1 Å². The summed E-state index contributed by atoms with van der Waals surface area (Å²) in [5.41, 5.74) is 0.960. The number of rotatable bonds is 6. The first-order valence-corrected chi connectivity index (χ1v) is 9.09. The highest BCUT2D eigenvalue weighted by Gasteiger charge is 2.40. The predicted octanol–water partition coefficient (Wildman–Crippen LogP) is 4.26. The molecule has 2 aromatic rings. The molecule has 0 bridgehead atoms. The molecule has 0 amide bonds. The molecule has 26 heavy (non-hydrogen) atoms. The van der Waals surface area contributed by atoms with Crippen LogP contribution in [0.15, 0.2) is 54.6 Å². The van der Waals surface area contributed by atoms with Crippen LogP contribution in [0.2, 0.25) is 0 Å². The minimum Gasteiger partial charge on any atom is -0.387 e. The predicted molar refractivity (Wildman–Crippen MR) is 96.8 cm³/mol. The van der Waals surface area contributed by atoms with Crippen LogP contribution in [0.5, 0.6) is 0 Å². The van der Waals surface area contributed by atoms with Gasteiger partial charge in [0.2, 0.25) is 0 Å². The maximum Gasteiger partial charge on any atom is 0.357 e. The quantitative estimate of drug-likeness (QED) is 0.839. The largest absolute Gasteiger partial charge is 0.387 e. The van der Waals surface area contributed by atoms with Crippen molar-refractivity contribution in [2.45, 2.75) is 50.8 Å². The summed E-state index contributed by atoms with van der Waals surface area (Å²) in [5, 5.41) is 12.4. The summed E-state index contributed by atoms with van der Waals surface area (Å²) in [6.45, 7) is 2.08. The summed E-state index contributed by atoms with van der Waals surface area (Å²) in [7, 11) is 0. The topological polar surface area (TPSA) is 49.8 Å². The van der Waals surface area contributed by atoms with Crippen molar-refractivity contribution >= 4 is 5.97 Å². The highest BCUT2D eigenvalue weighted by Crippen LogP contribution is 2.35. The van der Waals surface area contributed by atoms with E-state index in [0.29, 0.717) is 17.5 Å². The molecule has 1 aliphatic rings. The summed E-state index contributed by atoms with van der Waals surface area (Å²) < 4.78 is 13.5. The van der Waals surface area contributed by atoms with Crippen LogP contribution in [-0.2, 0) is 4.84 Å². The Morgan fingerprint density at radius 1 is 1.23 bits per heavy atom. The summed E-state index contributed by atoms with van der Waals surface area (Å²) in [5.74, 6) is -0.831. The van der Waals surface area contributed by atoms with Crippen LogP contribution in [0.1, 0.15) is 54.6 Å². The van der Waals surface area contributed by atoms with Crippen molar-refractivity contribution in [2.24, 2.45) is 0 Å². The van der Waals surface area contributed by atoms with Gasteiger partial charge in [-0.2, -0.15) is 0 Å². The molecule has 0 unspecified atom stereocenters. The molecule has 1 aliphatic heterocycles. The Hall–Kier alpha value is -2.24. The molecule has 3 atom stereocenters. The lowest BCUT2D eigenvalue weighted by Crippen LogP contribution is -2.41. The number of carbonyl (C=O) groups excluding carboxylic acids is 1. The molecule has 0 radical (unpaired) electrons. The Morgan fingerprint density at radius 2 is 2.00 bits per heavy atom. The molecule has 4 nitrogen and oxygen atoms in total. The third-order valence-corrected chi connectivity index (χ3v) is 4.86. The third-order valence-electron chi connectivity index (χ3n) is 4.86. The van der Waals surface area contributed by atoms with Gasteiger partial charge in [0.25, 0.3) is 0 Å². The number of halogens is 1. The van der Waals surface area contributed by atoms with E-state index in [4.69, 9.17) is 4.84 Å². The van der Waals surface area contributed by atoms with Crippen molar-refractivity contribution < 1.29 is 19.1 Å². The second-order valence-electron chi connectivity index (χ2n) is 6.69. The zero-order chi connectivity index (χ0) is 18.5. The normalized spacial score (nSPS) is 21.5.